The van der Waals surface area contributed by atoms with Gasteiger partial charge < -0.3 is 10.1 Å². The number of hydrogen-bond acceptors (Lipinski definition) is 2. The largest absolute Gasteiger partial charge is 0.361 e. The van der Waals surface area contributed by atoms with Crippen molar-refractivity contribution in [2.45, 2.75) is 33.1 Å². The van der Waals surface area contributed by atoms with E-state index in [1.165, 1.54) is 0 Å². The molecule has 0 spiro atoms. The molecule has 0 atom stereocenters. The molecule has 4 nitrogen and oxygen atoms in total. The Morgan fingerprint density at radius 3 is 2.92 bits per heavy atom. The molecule has 13 heavy (non-hydrogen) atoms. The highest BCUT2D eigenvalue weighted by atomic mass is 16.5. The zero-order valence-corrected chi connectivity index (χ0v) is 8.38. The van der Waals surface area contributed by atoms with Crippen LogP contribution in [0.4, 0.5) is 4.79 Å². The van der Waals surface area contributed by atoms with Gasteiger partial charge in [-0.1, -0.05) is 20.3 Å². The molecule has 0 fully saturated rings. The van der Waals surface area contributed by atoms with Gasteiger partial charge in [0.15, 0.2) is 0 Å². The number of ether oxygens (including phenoxy) is 1. The predicted molar refractivity (Wildman–Crippen MR) is 53.0 cm³/mol. The molecule has 0 radical (unpaired) electrons. The molecule has 0 aliphatic heterocycles. The summed E-state index contributed by atoms with van der Waals surface area (Å²) in [4.78, 5) is 14.5. The van der Waals surface area contributed by atoms with Gasteiger partial charge in [0, 0.05) is 12.8 Å². The number of rotatable bonds is 6. The van der Waals surface area contributed by atoms with Gasteiger partial charge in [-0.3, -0.25) is 0 Å². The van der Waals surface area contributed by atoms with E-state index in [0.717, 1.165) is 19.3 Å². The van der Waals surface area contributed by atoms with E-state index in [-0.39, 0.29) is 12.8 Å². The zero-order chi connectivity index (χ0) is 9.94. The second-order valence-corrected chi connectivity index (χ2v) is 2.61. The maximum absolute atomic E-state index is 10.8. The van der Waals surface area contributed by atoms with E-state index in [1.54, 1.807) is 6.21 Å². The first-order chi connectivity index (χ1) is 6.31. The van der Waals surface area contributed by atoms with Crippen LogP contribution in [-0.2, 0) is 4.74 Å². The number of hydrogen-bond donors (Lipinski definition) is 1. The summed E-state index contributed by atoms with van der Waals surface area (Å²) >= 11 is 0. The predicted octanol–water partition coefficient (Wildman–Crippen LogP) is 1.95. The maximum atomic E-state index is 10.8. The van der Waals surface area contributed by atoms with Gasteiger partial charge in [-0.05, 0) is 12.8 Å². The SMILES string of the molecule is CCC=NC(=O)NCOCCCC. The minimum absolute atomic E-state index is 0.250. The second-order valence-electron chi connectivity index (χ2n) is 2.61. The van der Waals surface area contributed by atoms with Crippen LogP contribution in [0, 0.1) is 0 Å². The second kappa shape index (κ2) is 9.19. The molecule has 0 saturated carbocycles. The molecule has 76 valence electrons. The summed E-state index contributed by atoms with van der Waals surface area (Å²) in [6.45, 7) is 4.95. The Balaban J connectivity index is 3.22. The number of carbonyl (C=O) groups is 1. The molecule has 0 bridgehead atoms. The number of amides is 2. The van der Waals surface area contributed by atoms with Crippen LogP contribution in [0.1, 0.15) is 33.1 Å². The van der Waals surface area contributed by atoms with Gasteiger partial charge in [0.25, 0.3) is 0 Å². The van der Waals surface area contributed by atoms with Crippen LogP contribution >= 0.6 is 0 Å². The smallest absolute Gasteiger partial charge is 0.342 e. The summed E-state index contributed by atoms with van der Waals surface area (Å²) in [6, 6.07) is -0.335. The topological polar surface area (TPSA) is 50.7 Å². The van der Waals surface area contributed by atoms with Crippen LogP contribution < -0.4 is 5.32 Å². The van der Waals surface area contributed by atoms with Crippen molar-refractivity contribution in [3.63, 3.8) is 0 Å². The minimum Gasteiger partial charge on any atom is -0.361 e. The summed E-state index contributed by atoms with van der Waals surface area (Å²) in [5.74, 6) is 0. The van der Waals surface area contributed by atoms with E-state index in [4.69, 9.17) is 4.74 Å². The van der Waals surface area contributed by atoms with Crippen LogP contribution in [-0.4, -0.2) is 25.6 Å². The van der Waals surface area contributed by atoms with Crippen molar-refractivity contribution in [3.8, 4) is 0 Å². The Labute approximate surface area is 79.4 Å². The van der Waals surface area contributed by atoms with Crippen molar-refractivity contribution < 1.29 is 9.53 Å². The van der Waals surface area contributed by atoms with Gasteiger partial charge in [-0.15, -0.1) is 0 Å². The highest BCUT2D eigenvalue weighted by Gasteiger charge is 1.93. The average Bonchev–Trinajstić information content (AvgIpc) is 2.14. The molecule has 0 aromatic rings. The number of nitrogens with one attached hydrogen (secondary N) is 1. The van der Waals surface area contributed by atoms with E-state index < -0.39 is 0 Å². The number of nitrogens with zero attached hydrogens (tertiary/aromatic N) is 1. The van der Waals surface area contributed by atoms with Crippen molar-refractivity contribution in [1.82, 2.24) is 5.32 Å². The van der Waals surface area contributed by atoms with Gasteiger partial charge in [-0.25, -0.2) is 9.79 Å². The Kier molecular flexibility index (Phi) is 8.55. The number of urea groups is 1. The first kappa shape index (κ1) is 12.1. The zero-order valence-electron chi connectivity index (χ0n) is 8.38. The average molecular weight is 186 g/mol. The molecule has 0 aliphatic carbocycles. The summed E-state index contributed by atoms with van der Waals surface area (Å²) in [7, 11) is 0. The van der Waals surface area contributed by atoms with Crippen LogP contribution in [0.15, 0.2) is 4.99 Å². The van der Waals surface area contributed by atoms with E-state index in [1.807, 2.05) is 6.92 Å². The van der Waals surface area contributed by atoms with Crippen molar-refractivity contribution in [3.05, 3.63) is 0 Å². The van der Waals surface area contributed by atoms with Gasteiger partial charge in [-0.2, -0.15) is 0 Å². The summed E-state index contributed by atoms with van der Waals surface area (Å²) in [6.07, 6.45) is 4.46. The fraction of sp³-hybridized carbons (Fsp3) is 0.778. The lowest BCUT2D eigenvalue weighted by Gasteiger charge is -2.02. The lowest BCUT2D eigenvalue weighted by Crippen LogP contribution is -2.23. The minimum atomic E-state index is -0.335. The van der Waals surface area contributed by atoms with E-state index >= 15 is 0 Å². The van der Waals surface area contributed by atoms with Crippen molar-refractivity contribution in [1.29, 1.82) is 0 Å². The number of carbonyl (C=O) groups excluding carboxylic acids is 1. The van der Waals surface area contributed by atoms with Crippen LogP contribution in [0.2, 0.25) is 0 Å². The third-order valence-corrected chi connectivity index (χ3v) is 1.36. The maximum Gasteiger partial charge on any atom is 0.342 e. The third-order valence-electron chi connectivity index (χ3n) is 1.36. The highest BCUT2D eigenvalue weighted by Crippen LogP contribution is 1.86. The third kappa shape index (κ3) is 9.01. The van der Waals surface area contributed by atoms with Gasteiger partial charge >= 0.3 is 6.03 Å². The Morgan fingerprint density at radius 2 is 2.31 bits per heavy atom. The van der Waals surface area contributed by atoms with Gasteiger partial charge in [0.2, 0.25) is 0 Å². The highest BCUT2D eigenvalue weighted by molar-refractivity contribution is 5.83. The quantitative estimate of drug-likeness (QED) is 0.391. The Hall–Kier alpha value is -0.900. The molecular weight excluding hydrogens is 168 g/mol. The number of aliphatic imine (C=N–C) groups is 1. The molecule has 0 aliphatic rings. The molecule has 0 heterocycles. The number of unbranched alkanes of at least 4 members (excludes halogenated alkanes) is 1. The van der Waals surface area contributed by atoms with Gasteiger partial charge in [0.1, 0.15) is 6.73 Å². The van der Waals surface area contributed by atoms with Crippen LogP contribution in [0.5, 0.6) is 0 Å². The summed E-state index contributed by atoms with van der Waals surface area (Å²) in [5, 5.41) is 2.52. The standard InChI is InChI=1S/C9H18N2O2/c1-3-5-7-13-8-11-9(12)10-6-4-2/h6H,3-5,7-8H2,1-2H3,(H,11,12). The molecule has 0 aromatic carbocycles. The Bertz CT molecular complexity index is 158. The normalized spacial score (nSPS) is 10.6. The lowest BCUT2D eigenvalue weighted by atomic mass is 10.4. The fourth-order valence-electron chi connectivity index (χ4n) is 0.651. The molecule has 4 heteroatoms. The van der Waals surface area contributed by atoms with Gasteiger partial charge in [0.05, 0.1) is 0 Å². The molecule has 0 unspecified atom stereocenters. The van der Waals surface area contributed by atoms with Crippen LogP contribution in [0.25, 0.3) is 0 Å². The van der Waals surface area contributed by atoms with Crippen molar-refractivity contribution in [2.24, 2.45) is 4.99 Å². The summed E-state index contributed by atoms with van der Waals surface area (Å²) in [5.41, 5.74) is 0. The van der Waals surface area contributed by atoms with E-state index in [2.05, 4.69) is 17.2 Å². The molecule has 0 rings (SSSR count). The molecule has 0 aromatic heterocycles. The lowest BCUT2D eigenvalue weighted by molar-refractivity contribution is 0.119. The molecular formula is C9H18N2O2. The fourth-order valence-corrected chi connectivity index (χ4v) is 0.651. The Morgan fingerprint density at radius 1 is 1.54 bits per heavy atom. The summed E-state index contributed by atoms with van der Waals surface area (Å²) < 4.78 is 5.12. The monoisotopic (exact) mass is 186 g/mol. The molecule has 1 N–H and O–H groups in total. The molecule has 2 amide bonds. The first-order valence-electron chi connectivity index (χ1n) is 4.69. The van der Waals surface area contributed by atoms with E-state index in [9.17, 15) is 4.79 Å². The van der Waals surface area contributed by atoms with Crippen LogP contribution in [0.3, 0.4) is 0 Å². The molecule has 0 saturated heterocycles. The van der Waals surface area contributed by atoms with Crippen molar-refractivity contribution >= 4 is 12.2 Å². The first-order valence-corrected chi connectivity index (χ1v) is 4.69. The van der Waals surface area contributed by atoms with Crippen molar-refractivity contribution in [2.75, 3.05) is 13.3 Å². The van der Waals surface area contributed by atoms with E-state index in [0.29, 0.717) is 6.61 Å².